The van der Waals surface area contributed by atoms with E-state index < -0.39 is 0 Å². The molecule has 0 amide bonds. The summed E-state index contributed by atoms with van der Waals surface area (Å²) in [5.41, 5.74) is 6.03. The van der Waals surface area contributed by atoms with Crippen molar-refractivity contribution >= 4 is 11.3 Å². The summed E-state index contributed by atoms with van der Waals surface area (Å²) in [5.74, 6) is 0. The summed E-state index contributed by atoms with van der Waals surface area (Å²) in [6.45, 7) is 2.68. The quantitative estimate of drug-likeness (QED) is 0.858. The van der Waals surface area contributed by atoms with Gasteiger partial charge in [-0.2, -0.15) is 0 Å². The molecule has 100 valence electrons. The molecule has 1 aromatic heterocycles. The van der Waals surface area contributed by atoms with Crippen molar-refractivity contribution in [2.45, 2.75) is 50.4 Å². The van der Waals surface area contributed by atoms with Gasteiger partial charge in [0.05, 0.1) is 6.10 Å². The van der Waals surface area contributed by atoms with Crippen LogP contribution in [0.15, 0.2) is 17.5 Å². The van der Waals surface area contributed by atoms with Crippen LogP contribution in [0.25, 0.3) is 0 Å². The number of ether oxygens (including phenoxy) is 1. The Morgan fingerprint density at radius 1 is 1.44 bits per heavy atom. The highest BCUT2D eigenvalue weighted by Gasteiger charge is 2.38. The molecular weight excluding hydrogens is 244 g/mol. The van der Waals surface area contributed by atoms with Gasteiger partial charge in [-0.05, 0) is 37.1 Å². The maximum absolute atomic E-state index is 6.03. The number of thiophene rings is 1. The van der Waals surface area contributed by atoms with Crippen LogP contribution in [0.5, 0.6) is 0 Å². The van der Waals surface area contributed by atoms with Crippen molar-refractivity contribution in [3.63, 3.8) is 0 Å². The van der Waals surface area contributed by atoms with E-state index in [1.807, 2.05) is 11.3 Å². The summed E-state index contributed by atoms with van der Waals surface area (Å²) in [7, 11) is 0. The molecule has 0 radical (unpaired) electrons. The molecule has 2 aliphatic rings. The maximum Gasteiger partial charge on any atom is 0.0743 e. The number of rotatable bonds is 6. The molecular formula is C14H22N2OS. The molecule has 1 aliphatic heterocycles. The molecule has 2 heterocycles. The first-order chi connectivity index (χ1) is 8.88. The molecule has 18 heavy (non-hydrogen) atoms. The SMILES string of the molecule is NCC(C1CCCO1)N(Cc1cccs1)C1CC1. The lowest BCUT2D eigenvalue weighted by Gasteiger charge is -2.34. The minimum Gasteiger partial charge on any atom is -0.377 e. The van der Waals surface area contributed by atoms with Crippen LogP contribution >= 0.6 is 11.3 Å². The van der Waals surface area contributed by atoms with E-state index >= 15 is 0 Å². The lowest BCUT2D eigenvalue weighted by atomic mass is 10.1. The Kier molecular flexibility index (Phi) is 3.99. The molecule has 0 aromatic carbocycles. The summed E-state index contributed by atoms with van der Waals surface area (Å²) >= 11 is 1.84. The predicted octanol–water partition coefficient (Wildman–Crippen LogP) is 2.22. The number of nitrogens with zero attached hydrogens (tertiary/aromatic N) is 1. The van der Waals surface area contributed by atoms with E-state index in [-0.39, 0.29) is 0 Å². The Hall–Kier alpha value is -0.420. The summed E-state index contributed by atoms with van der Waals surface area (Å²) in [5, 5.41) is 2.16. The van der Waals surface area contributed by atoms with Crippen LogP contribution < -0.4 is 5.73 Å². The maximum atomic E-state index is 6.03. The molecule has 1 aromatic rings. The highest BCUT2D eigenvalue weighted by atomic mass is 32.1. The molecule has 2 N–H and O–H groups in total. The Balaban J connectivity index is 1.70. The van der Waals surface area contributed by atoms with Gasteiger partial charge in [-0.15, -0.1) is 11.3 Å². The van der Waals surface area contributed by atoms with Gasteiger partial charge < -0.3 is 10.5 Å². The molecule has 2 fully saturated rings. The van der Waals surface area contributed by atoms with Gasteiger partial charge in [-0.1, -0.05) is 6.07 Å². The van der Waals surface area contributed by atoms with E-state index in [1.54, 1.807) is 0 Å². The lowest BCUT2D eigenvalue weighted by molar-refractivity contribution is 0.0203. The zero-order valence-corrected chi connectivity index (χ0v) is 11.6. The first kappa shape index (κ1) is 12.6. The molecule has 2 unspecified atom stereocenters. The van der Waals surface area contributed by atoms with Gasteiger partial charge in [-0.3, -0.25) is 4.90 Å². The first-order valence-corrected chi connectivity index (χ1v) is 7.86. The van der Waals surface area contributed by atoms with Crippen molar-refractivity contribution in [2.75, 3.05) is 13.2 Å². The van der Waals surface area contributed by atoms with Crippen molar-refractivity contribution in [1.82, 2.24) is 4.90 Å². The van der Waals surface area contributed by atoms with Crippen LogP contribution in [0.4, 0.5) is 0 Å². The summed E-state index contributed by atoms with van der Waals surface area (Å²) in [6.07, 6.45) is 5.38. The van der Waals surface area contributed by atoms with Crippen LogP contribution in [0.1, 0.15) is 30.6 Å². The summed E-state index contributed by atoms with van der Waals surface area (Å²) < 4.78 is 5.87. The standard InChI is InChI=1S/C14H22N2OS/c15-9-13(14-4-1-7-17-14)16(11-5-6-11)10-12-3-2-8-18-12/h2-3,8,11,13-14H,1,4-7,9-10,15H2. The molecule has 1 saturated heterocycles. The molecule has 3 rings (SSSR count). The molecule has 0 spiro atoms. The second kappa shape index (κ2) is 5.70. The van der Waals surface area contributed by atoms with Crippen molar-refractivity contribution in [1.29, 1.82) is 0 Å². The average Bonchev–Trinajstić information content (AvgIpc) is 2.89. The average molecular weight is 266 g/mol. The van der Waals surface area contributed by atoms with Gasteiger partial charge in [0.2, 0.25) is 0 Å². The smallest absolute Gasteiger partial charge is 0.0743 e. The van der Waals surface area contributed by atoms with Crippen LogP contribution in [0.3, 0.4) is 0 Å². The largest absolute Gasteiger partial charge is 0.377 e. The van der Waals surface area contributed by atoms with Crippen molar-refractivity contribution < 1.29 is 4.74 Å². The fraction of sp³-hybridized carbons (Fsp3) is 0.714. The van der Waals surface area contributed by atoms with E-state index in [0.29, 0.717) is 18.7 Å². The lowest BCUT2D eigenvalue weighted by Crippen LogP contribution is -2.48. The van der Waals surface area contributed by atoms with E-state index in [1.165, 1.54) is 30.6 Å². The van der Waals surface area contributed by atoms with Crippen LogP contribution in [-0.4, -0.2) is 36.2 Å². The Labute approximate surface area is 113 Å². The van der Waals surface area contributed by atoms with Crippen LogP contribution in [0, 0.1) is 0 Å². The van der Waals surface area contributed by atoms with Gasteiger partial charge in [0.25, 0.3) is 0 Å². The molecule has 1 saturated carbocycles. The fourth-order valence-electron chi connectivity index (χ4n) is 2.91. The zero-order chi connectivity index (χ0) is 12.4. The molecule has 4 heteroatoms. The second-order valence-corrected chi connectivity index (χ2v) is 6.37. The Bertz CT molecular complexity index is 358. The number of nitrogens with two attached hydrogens (primary N) is 1. The van der Waals surface area contributed by atoms with Gasteiger partial charge in [-0.25, -0.2) is 0 Å². The van der Waals surface area contributed by atoms with Gasteiger partial charge in [0.1, 0.15) is 0 Å². The molecule has 2 atom stereocenters. The van der Waals surface area contributed by atoms with Crippen LogP contribution in [0.2, 0.25) is 0 Å². The van der Waals surface area contributed by atoms with Gasteiger partial charge >= 0.3 is 0 Å². The second-order valence-electron chi connectivity index (χ2n) is 5.34. The predicted molar refractivity (Wildman–Crippen MR) is 74.7 cm³/mol. The minimum absolute atomic E-state index is 0.357. The van der Waals surface area contributed by atoms with E-state index in [4.69, 9.17) is 10.5 Å². The highest BCUT2D eigenvalue weighted by molar-refractivity contribution is 7.09. The topological polar surface area (TPSA) is 38.5 Å². The monoisotopic (exact) mass is 266 g/mol. The van der Waals surface area contributed by atoms with Gasteiger partial charge in [0, 0.05) is 36.7 Å². The zero-order valence-electron chi connectivity index (χ0n) is 10.8. The third-order valence-electron chi connectivity index (χ3n) is 4.00. The van der Waals surface area contributed by atoms with E-state index in [2.05, 4.69) is 22.4 Å². The Morgan fingerprint density at radius 2 is 2.33 bits per heavy atom. The first-order valence-electron chi connectivity index (χ1n) is 6.98. The van der Waals surface area contributed by atoms with Crippen molar-refractivity contribution in [3.05, 3.63) is 22.4 Å². The third-order valence-corrected chi connectivity index (χ3v) is 4.86. The fourth-order valence-corrected chi connectivity index (χ4v) is 3.63. The van der Waals surface area contributed by atoms with Gasteiger partial charge in [0.15, 0.2) is 0 Å². The summed E-state index contributed by atoms with van der Waals surface area (Å²) in [4.78, 5) is 4.04. The van der Waals surface area contributed by atoms with Crippen LogP contribution in [-0.2, 0) is 11.3 Å². The van der Waals surface area contributed by atoms with Crippen molar-refractivity contribution in [3.8, 4) is 0 Å². The molecule has 1 aliphatic carbocycles. The van der Waals surface area contributed by atoms with Crippen molar-refractivity contribution in [2.24, 2.45) is 5.73 Å². The summed E-state index contributed by atoms with van der Waals surface area (Å²) in [6, 6.07) is 5.50. The normalized spacial score (nSPS) is 25.8. The minimum atomic E-state index is 0.357. The molecule has 0 bridgehead atoms. The third kappa shape index (κ3) is 2.77. The number of hydrogen-bond acceptors (Lipinski definition) is 4. The number of hydrogen-bond donors (Lipinski definition) is 1. The Morgan fingerprint density at radius 3 is 2.89 bits per heavy atom. The molecule has 3 nitrogen and oxygen atoms in total. The highest BCUT2D eigenvalue weighted by Crippen LogP contribution is 2.33. The van der Waals surface area contributed by atoms with E-state index in [0.717, 1.165) is 19.2 Å². The van der Waals surface area contributed by atoms with E-state index in [9.17, 15) is 0 Å².